The van der Waals surface area contributed by atoms with E-state index >= 15 is 0 Å². The fourth-order valence-electron chi connectivity index (χ4n) is 1.27. The summed E-state index contributed by atoms with van der Waals surface area (Å²) in [6.07, 6.45) is 6.90. The van der Waals surface area contributed by atoms with Crippen molar-refractivity contribution >= 4 is 18.4 Å². The molecule has 1 heterocycles. The van der Waals surface area contributed by atoms with Crippen LogP contribution < -0.4 is 10.6 Å². The summed E-state index contributed by atoms with van der Waals surface area (Å²) in [5, 5.41) is 1.05. The monoisotopic (exact) mass is 148 g/mol. The number of hydrogen-bond acceptors (Lipinski definition) is 2. The molecular formula is C9H8O2. The van der Waals surface area contributed by atoms with Crippen LogP contribution in [0.15, 0.2) is 10.5 Å². The Labute approximate surface area is 63.8 Å². The van der Waals surface area contributed by atoms with Gasteiger partial charge in [-0.15, -0.1) is 0 Å². The lowest BCUT2D eigenvalue weighted by molar-refractivity contribution is 0.109. The predicted molar refractivity (Wildman–Crippen MR) is 41.5 cm³/mol. The molecule has 0 saturated carbocycles. The lowest BCUT2D eigenvalue weighted by Crippen LogP contribution is -2.21. The molecule has 2 rings (SSSR count). The van der Waals surface area contributed by atoms with Crippen LogP contribution in [0.2, 0.25) is 0 Å². The first-order valence-electron chi connectivity index (χ1n) is 3.65. The number of carbonyl (C=O) groups is 1. The number of aldehydes is 1. The average molecular weight is 148 g/mol. The first-order chi connectivity index (χ1) is 5.40. The second-order valence-electron chi connectivity index (χ2n) is 2.57. The van der Waals surface area contributed by atoms with E-state index in [4.69, 9.17) is 4.42 Å². The lowest BCUT2D eigenvalue weighted by atomic mass is 10.2. The van der Waals surface area contributed by atoms with Gasteiger partial charge in [0.15, 0.2) is 12.0 Å². The standard InChI is InChI=1S/C9H8O2/c10-6-8-5-7-3-1-2-4-9(7)11-8/h3-6H,1-2H2. The number of furan rings is 1. The second kappa shape index (κ2) is 2.38. The van der Waals surface area contributed by atoms with E-state index in [0.29, 0.717) is 5.76 Å². The van der Waals surface area contributed by atoms with Gasteiger partial charge >= 0.3 is 0 Å². The number of fused-ring (bicyclic) bond motifs is 1. The normalized spacial score (nSPS) is 14.5. The molecule has 0 spiro atoms. The first-order valence-corrected chi connectivity index (χ1v) is 3.65. The van der Waals surface area contributed by atoms with Gasteiger partial charge < -0.3 is 4.42 Å². The Hall–Kier alpha value is -1.31. The molecule has 1 aliphatic carbocycles. The van der Waals surface area contributed by atoms with E-state index in [0.717, 1.165) is 29.8 Å². The first kappa shape index (κ1) is 6.40. The van der Waals surface area contributed by atoms with Crippen LogP contribution in [0, 0.1) is 0 Å². The van der Waals surface area contributed by atoms with Gasteiger partial charge in [-0.1, -0.05) is 6.08 Å². The largest absolute Gasteiger partial charge is 0.454 e. The Kier molecular flexibility index (Phi) is 1.39. The van der Waals surface area contributed by atoms with Crippen molar-refractivity contribution in [2.45, 2.75) is 12.8 Å². The van der Waals surface area contributed by atoms with Crippen LogP contribution in [-0.2, 0) is 0 Å². The third-order valence-electron chi connectivity index (χ3n) is 1.79. The van der Waals surface area contributed by atoms with E-state index in [9.17, 15) is 4.79 Å². The third kappa shape index (κ3) is 1.00. The molecule has 56 valence electrons. The number of hydrogen-bond donors (Lipinski definition) is 0. The minimum atomic E-state index is 0.421. The molecule has 2 heteroatoms. The van der Waals surface area contributed by atoms with Gasteiger partial charge in [0.2, 0.25) is 0 Å². The molecule has 0 fully saturated rings. The number of rotatable bonds is 1. The average Bonchev–Trinajstić information content (AvgIpc) is 2.46. The molecule has 0 aliphatic heterocycles. The van der Waals surface area contributed by atoms with Gasteiger partial charge in [0.25, 0.3) is 0 Å². The van der Waals surface area contributed by atoms with Crippen molar-refractivity contribution in [3.05, 3.63) is 22.5 Å². The molecule has 0 N–H and O–H groups in total. The van der Waals surface area contributed by atoms with Gasteiger partial charge in [-0.25, -0.2) is 0 Å². The van der Waals surface area contributed by atoms with Crippen molar-refractivity contribution < 1.29 is 9.21 Å². The Morgan fingerprint density at radius 2 is 2.18 bits per heavy atom. The Morgan fingerprint density at radius 1 is 1.36 bits per heavy atom. The summed E-state index contributed by atoms with van der Waals surface area (Å²) in [6.45, 7) is 0. The van der Waals surface area contributed by atoms with Crippen LogP contribution >= 0.6 is 0 Å². The SMILES string of the molecule is O=Cc1cc2c(o1)=CCCC=2. The van der Waals surface area contributed by atoms with E-state index in [1.54, 1.807) is 6.07 Å². The van der Waals surface area contributed by atoms with Crippen molar-refractivity contribution in [2.75, 3.05) is 0 Å². The summed E-state index contributed by atoms with van der Waals surface area (Å²) in [7, 11) is 0. The smallest absolute Gasteiger partial charge is 0.185 e. The highest BCUT2D eigenvalue weighted by Crippen LogP contribution is 1.96. The summed E-state index contributed by atoms with van der Waals surface area (Å²) >= 11 is 0. The molecule has 0 unspecified atom stereocenters. The van der Waals surface area contributed by atoms with Gasteiger partial charge in [-0.3, -0.25) is 4.79 Å². The molecule has 0 atom stereocenters. The maximum absolute atomic E-state index is 10.3. The molecule has 0 amide bonds. The van der Waals surface area contributed by atoms with Gasteiger partial charge in [0.05, 0.1) is 0 Å². The summed E-state index contributed by atoms with van der Waals surface area (Å²) in [4.78, 5) is 10.3. The third-order valence-corrected chi connectivity index (χ3v) is 1.79. The summed E-state index contributed by atoms with van der Waals surface area (Å²) in [5.41, 5.74) is 0.846. The maximum Gasteiger partial charge on any atom is 0.185 e. The molecule has 0 radical (unpaired) electrons. The number of carbonyl (C=O) groups excluding carboxylic acids is 1. The molecule has 2 nitrogen and oxygen atoms in total. The van der Waals surface area contributed by atoms with E-state index in [2.05, 4.69) is 6.08 Å². The minimum Gasteiger partial charge on any atom is -0.454 e. The summed E-state index contributed by atoms with van der Waals surface area (Å²) in [5.74, 6) is 0.421. The maximum atomic E-state index is 10.3. The molecular weight excluding hydrogens is 140 g/mol. The highest BCUT2D eigenvalue weighted by Gasteiger charge is 1.99. The zero-order valence-electron chi connectivity index (χ0n) is 6.04. The predicted octanol–water partition coefficient (Wildman–Crippen LogP) is 0.447. The van der Waals surface area contributed by atoms with E-state index in [1.165, 1.54) is 0 Å². The van der Waals surface area contributed by atoms with Crippen LogP contribution in [0.3, 0.4) is 0 Å². The van der Waals surface area contributed by atoms with Gasteiger partial charge in [-0.2, -0.15) is 0 Å². The highest BCUT2D eigenvalue weighted by atomic mass is 16.3. The highest BCUT2D eigenvalue weighted by molar-refractivity contribution is 5.70. The molecule has 1 aromatic rings. The molecule has 1 aromatic heterocycles. The fraction of sp³-hybridized carbons (Fsp3) is 0.222. The Morgan fingerprint density at radius 3 is 2.91 bits per heavy atom. The quantitative estimate of drug-likeness (QED) is 0.541. The zero-order chi connectivity index (χ0) is 7.68. The summed E-state index contributed by atoms with van der Waals surface area (Å²) in [6, 6.07) is 1.78. The Bertz CT molecular complexity index is 351. The van der Waals surface area contributed by atoms with Crippen LogP contribution in [0.1, 0.15) is 23.4 Å². The van der Waals surface area contributed by atoms with Gasteiger partial charge in [-0.05, 0) is 25.0 Å². The Balaban J connectivity index is 2.75. The van der Waals surface area contributed by atoms with E-state index in [-0.39, 0.29) is 0 Å². The van der Waals surface area contributed by atoms with Crippen molar-refractivity contribution in [1.82, 2.24) is 0 Å². The minimum absolute atomic E-state index is 0.421. The van der Waals surface area contributed by atoms with Crippen molar-refractivity contribution in [3.63, 3.8) is 0 Å². The van der Waals surface area contributed by atoms with Crippen molar-refractivity contribution in [2.24, 2.45) is 0 Å². The van der Waals surface area contributed by atoms with Gasteiger partial charge in [0.1, 0.15) is 5.42 Å². The lowest BCUT2D eigenvalue weighted by Gasteiger charge is -1.89. The van der Waals surface area contributed by atoms with Crippen LogP contribution in [0.25, 0.3) is 12.2 Å². The summed E-state index contributed by atoms with van der Waals surface area (Å²) < 4.78 is 5.20. The molecule has 11 heavy (non-hydrogen) atoms. The van der Waals surface area contributed by atoms with Crippen LogP contribution in [0.5, 0.6) is 0 Å². The van der Waals surface area contributed by atoms with E-state index in [1.807, 2.05) is 6.08 Å². The topological polar surface area (TPSA) is 30.2 Å². The zero-order valence-corrected chi connectivity index (χ0v) is 6.04. The fourth-order valence-corrected chi connectivity index (χ4v) is 1.27. The van der Waals surface area contributed by atoms with Crippen molar-refractivity contribution in [3.8, 4) is 0 Å². The molecule has 0 saturated heterocycles. The molecule has 1 aliphatic rings. The van der Waals surface area contributed by atoms with E-state index < -0.39 is 0 Å². The molecule has 0 aromatic carbocycles. The molecule has 0 bridgehead atoms. The van der Waals surface area contributed by atoms with Crippen molar-refractivity contribution in [1.29, 1.82) is 0 Å². The van der Waals surface area contributed by atoms with Gasteiger partial charge in [0, 0.05) is 5.22 Å². The van der Waals surface area contributed by atoms with Crippen LogP contribution in [0.4, 0.5) is 0 Å². The second-order valence-corrected chi connectivity index (χ2v) is 2.57. The van der Waals surface area contributed by atoms with Crippen LogP contribution in [-0.4, -0.2) is 6.29 Å².